The maximum atomic E-state index is 3.66. The summed E-state index contributed by atoms with van der Waals surface area (Å²) in [5, 5.41) is 3.66. The van der Waals surface area contributed by atoms with Crippen LogP contribution in [0.3, 0.4) is 0 Å². The molecule has 1 aromatic rings. The van der Waals surface area contributed by atoms with Gasteiger partial charge in [0.25, 0.3) is 0 Å². The summed E-state index contributed by atoms with van der Waals surface area (Å²) < 4.78 is 1.25. The summed E-state index contributed by atoms with van der Waals surface area (Å²) in [5.41, 5.74) is 2.68. The maximum absolute atomic E-state index is 3.66. The van der Waals surface area contributed by atoms with Crippen LogP contribution >= 0.6 is 27.7 Å². The highest BCUT2D eigenvalue weighted by atomic mass is 79.9. The first-order chi connectivity index (χ1) is 7.68. The number of aryl methyl sites for hydroxylation is 1. The molecule has 0 radical (unpaired) electrons. The predicted octanol–water partition coefficient (Wildman–Crippen LogP) is 3.60. The van der Waals surface area contributed by atoms with Gasteiger partial charge in [0, 0.05) is 22.8 Å². The Labute approximate surface area is 111 Å². The van der Waals surface area contributed by atoms with Gasteiger partial charge < -0.3 is 5.32 Å². The molecular formula is C13H18BrNS. The highest BCUT2D eigenvalue weighted by Crippen LogP contribution is 2.25. The van der Waals surface area contributed by atoms with E-state index in [1.165, 1.54) is 27.1 Å². The molecule has 0 aromatic heterocycles. The van der Waals surface area contributed by atoms with Crippen molar-refractivity contribution in [1.29, 1.82) is 0 Å². The lowest BCUT2D eigenvalue weighted by atomic mass is 10.1. The van der Waals surface area contributed by atoms with Crippen LogP contribution in [0.4, 0.5) is 0 Å². The van der Waals surface area contributed by atoms with E-state index in [-0.39, 0.29) is 0 Å². The normalized spacial score (nSPS) is 24.9. The molecule has 1 aliphatic heterocycles. The second-order valence-electron chi connectivity index (χ2n) is 4.55. The van der Waals surface area contributed by atoms with Crippen molar-refractivity contribution in [2.24, 2.45) is 5.92 Å². The van der Waals surface area contributed by atoms with E-state index >= 15 is 0 Å². The zero-order valence-electron chi connectivity index (χ0n) is 9.79. The summed E-state index contributed by atoms with van der Waals surface area (Å²) >= 11 is 5.72. The van der Waals surface area contributed by atoms with E-state index in [1.807, 2.05) is 0 Å². The second-order valence-corrected chi connectivity index (χ2v) is 6.42. The summed E-state index contributed by atoms with van der Waals surface area (Å²) in [5.74, 6) is 3.35. The maximum Gasteiger partial charge on any atom is 0.0249 e. The van der Waals surface area contributed by atoms with Crippen LogP contribution in [0, 0.1) is 12.8 Å². The van der Waals surface area contributed by atoms with Gasteiger partial charge in [-0.1, -0.05) is 41.1 Å². The molecular weight excluding hydrogens is 282 g/mol. The number of nitrogens with one attached hydrogen (secondary N) is 1. The van der Waals surface area contributed by atoms with Crippen LogP contribution in [-0.4, -0.2) is 17.5 Å². The zero-order chi connectivity index (χ0) is 11.5. The number of hydrogen-bond donors (Lipinski definition) is 1. The number of thioether (sulfide) groups is 1. The molecule has 0 aliphatic carbocycles. The van der Waals surface area contributed by atoms with Crippen molar-refractivity contribution < 1.29 is 0 Å². The Bertz CT molecular complexity index is 367. The molecule has 88 valence electrons. The highest BCUT2D eigenvalue weighted by molar-refractivity contribution is 9.10. The van der Waals surface area contributed by atoms with Crippen molar-refractivity contribution in [1.82, 2.24) is 5.32 Å². The SMILES string of the molecule is Cc1cccc(CN[C@H]2CSC[C@@H]2C)c1Br. The third kappa shape index (κ3) is 2.82. The van der Waals surface area contributed by atoms with Crippen LogP contribution < -0.4 is 5.32 Å². The van der Waals surface area contributed by atoms with Gasteiger partial charge in [-0.2, -0.15) is 11.8 Å². The van der Waals surface area contributed by atoms with Gasteiger partial charge in [-0.25, -0.2) is 0 Å². The Morgan fingerprint density at radius 3 is 2.94 bits per heavy atom. The number of halogens is 1. The molecule has 1 aliphatic rings. The first kappa shape index (κ1) is 12.5. The summed E-state index contributed by atoms with van der Waals surface area (Å²) in [6.07, 6.45) is 0. The quantitative estimate of drug-likeness (QED) is 0.915. The Kier molecular flexibility index (Phi) is 4.34. The Hall–Kier alpha value is 0.01000. The Morgan fingerprint density at radius 2 is 2.25 bits per heavy atom. The molecule has 16 heavy (non-hydrogen) atoms. The topological polar surface area (TPSA) is 12.0 Å². The molecule has 1 N–H and O–H groups in total. The molecule has 1 heterocycles. The fourth-order valence-electron chi connectivity index (χ4n) is 2.01. The first-order valence-electron chi connectivity index (χ1n) is 5.73. The zero-order valence-corrected chi connectivity index (χ0v) is 12.2. The smallest absolute Gasteiger partial charge is 0.0249 e. The minimum absolute atomic E-state index is 0.678. The average Bonchev–Trinajstić information content (AvgIpc) is 2.67. The largest absolute Gasteiger partial charge is 0.309 e. The molecule has 0 bridgehead atoms. The summed E-state index contributed by atoms with van der Waals surface area (Å²) in [6, 6.07) is 7.14. The lowest BCUT2D eigenvalue weighted by molar-refractivity contribution is 0.453. The number of benzene rings is 1. The van der Waals surface area contributed by atoms with Gasteiger partial charge in [-0.3, -0.25) is 0 Å². The third-order valence-electron chi connectivity index (χ3n) is 3.19. The molecule has 3 heteroatoms. The van der Waals surface area contributed by atoms with Gasteiger partial charge in [0.05, 0.1) is 0 Å². The van der Waals surface area contributed by atoms with Gasteiger partial charge in [-0.15, -0.1) is 0 Å². The van der Waals surface area contributed by atoms with Gasteiger partial charge in [0.15, 0.2) is 0 Å². The lowest BCUT2D eigenvalue weighted by Crippen LogP contribution is -2.33. The third-order valence-corrected chi connectivity index (χ3v) is 5.68. The molecule has 2 rings (SSSR count). The average molecular weight is 300 g/mol. The minimum Gasteiger partial charge on any atom is -0.309 e. The van der Waals surface area contributed by atoms with E-state index < -0.39 is 0 Å². The Balaban J connectivity index is 1.96. The first-order valence-corrected chi connectivity index (χ1v) is 7.68. The fourth-order valence-corrected chi connectivity index (χ4v) is 3.85. The van der Waals surface area contributed by atoms with E-state index in [0.29, 0.717) is 6.04 Å². The van der Waals surface area contributed by atoms with E-state index in [9.17, 15) is 0 Å². The lowest BCUT2D eigenvalue weighted by Gasteiger charge is -2.17. The van der Waals surface area contributed by atoms with Crippen LogP contribution in [0.1, 0.15) is 18.1 Å². The summed E-state index contributed by atoms with van der Waals surface area (Å²) in [7, 11) is 0. The fraction of sp³-hybridized carbons (Fsp3) is 0.538. The summed E-state index contributed by atoms with van der Waals surface area (Å²) in [6.45, 7) is 5.45. The van der Waals surface area contributed by atoms with E-state index in [1.54, 1.807) is 0 Å². The van der Waals surface area contributed by atoms with Gasteiger partial charge >= 0.3 is 0 Å². The monoisotopic (exact) mass is 299 g/mol. The van der Waals surface area contributed by atoms with Crippen molar-refractivity contribution in [2.75, 3.05) is 11.5 Å². The standard InChI is InChI=1S/C13H18BrNS/c1-9-4-3-5-11(13(9)14)6-15-12-8-16-7-10(12)2/h3-5,10,12,15H,6-8H2,1-2H3/t10-,12-/m0/s1. The van der Waals surface area contributed by atoms with Crippen LogP contribution in [0.5, 0.6) is 0 Å². The molecule has 1 nitrogen and oxygen atoms in total. The molecule has 2 atom stereocenters. The molecule has 0 amide bonds. The number of hydrogen-bond acceptors (Lipinski definition) is 2. The van der Waals surface area contributed by atoms with Crippen LogP contribution in [0.2, 0.25) is 0 Å². The van der Waals surface area contributed by atoms with Gasteiger partial charge in [-0.05, 0) is 29.7 Å². The molecule has 1 fully saturated rings. The van der Waals surface area contributed by atoms with E-state index in [0.717, 1.165) is 12.5 Å². The van der Waals surface area contributed by atoms with Crippen molar-refractivity contribution in [3.8, 4) is 0 Å². The molecule has 0 unspecified atom stereocenters. The van der Waals surface area contributed by atoms with Gasteiger partial charge in [0.2, 0.25) is 0 Å². The van der Waals surface area contributed by atoms with Crippen molar-refractivity contribution in [3.05, 3.63) is 33.8 Å². The van der Waals surface area contributed by atoms with Gasteiger partial charge in [0.1, 0.15) is 0 Å². The summed E-state index contributed by atoms with van der Waals surface area (Å²) in [4.78, 5) is 0. The number of rotatable bonds is 3. The van der Waals surface area contributed by atoms with Crippen molar-refractivity contribution in [2.45, 2.75) is 26.4 Å². The molecule has 1 aromatic carbocycles. The second kappa shape index (κ2) is 5.56. The van der Waals surface area contributed by atoms with Crippen LogP contribution in [-0.2, 0) is 6.54 Å². The van der Waals surface area contributed by atoms with E-state index in [4.69, 9.17) is 0 Å². The van der Waals surface area contributed by atoms with Crippen molar-refractivity contribution >= 4 is 27.7 Å². The predicted molar refractivity (Wildman–Crippen MR) is 76.0 cm³/mol. The van der Waals surface area contributed by atoms with Crippen molar-refractivity contribution in [3.63, 3.8) is 0 Å². The van der Waals surface area contributed by atoms with Crippen LogP contribution in [0.25, 0.3) is 0 Å². The molecule has 0 spiro atoms. The Morgan fingerprint density at radius 1 is 1.44 bits per heavy atom. The van der Waals surface area contributed by atoms with E-state index in [2.05, 4.69) is 65.1 Å². The molecule has 0 saturated carbocycles. The van der Waals surface area contributed by atoms with Crippen LogP contribution in [0.15, 0.2) is 22.7 Å². The minimum atomic E-state index is 0.678. The highest BCUT2D eigenvalue weighted by Gasteiger charge is 2.23. The molecule has 1 saturated heterocycles.